The fourth-order valence-electron chi connectivity index (χ4n) is 3.11. The Hall–Kier alpha value is -3.16. The van der Waals surface area contributed by atoms with Crippen LogP contribution in [0.4, 0.5) is 0 Å². The van der Waals surface area contributed by atoms with E-state index in [4.69, 9.17) is 21.1 Å². The van der Waals surface area contributed by atoms with Crippen molar-refractivity contribution in [2.45, 2.75) is 0 Å². The van der Waals surface area contributed by atoms with Gasteiger partial charge in [-0.25, -0.2) is 9.38 Å². The summed E-state index contributed by atoms with van der Waals surface area (Å²) in [7, 11) is 0. The first kappa shape index (κ1) is 17.9. The van der Waals surface area contributed by atoms with E-state index < -0.39 is 0 Å². The van der Waals surface area contributed by atoms with Gasteiger partial charge in [-0.05, 0) is 35.9 Å². The highest BCUT2D eigenvalue weighted by Gasteiger charge is 2.17. The van der Waals surface area contributed by atoms with Crippen molar-refractivity contribution in [3.63, 3.8) is 0 Å². The quantitative estimate of drug-likeness (QED) is 0.488. The van der Waals surface area contributed by atoms with Gasteiger partial charge in [0.1, 0.15) is 18.2 Å². The van der Waals surface area contributed by atoms with Gasteiger partial charge in [0.25, 0.3) is 5.56 Å². The van der Waals surface area contributed by atoms with E-state index in [1.165, 1.54) is 15.7 Å². The van der Waals surface area contributed by atoms with Crippen LogP contribution in [-0.4, -0.2) is 27.6 Å². The third-order valence-corrected chi connectivity index (χ3v) is 5.68. The summed E-state index contributed by atoms with van der Waals surface area (Å²) in [4.78, 5) is 22.2. The fourth-order valence-corrected chi connectivity index (χ4v) is 4.20. The van der Waals surface area contributed by atoms with Crippen LogP contribution in [0, 0.1) is 0 Å². The molecule has 0 atom stereocenters. The highest BCUT2D eigenvalue weighted by atomic mass is 35.5. The summed E-state index contributed by atoms with van der Waals surface area (Å²) in [5.41, 5.74) is 2.56. The molecule has 4 aromatic rings. The van der Waals surface area contributed by atoms with Crippen LogP contribution in [0.15, 0.2) is 52.9 Å². The molecule has 1 aromatic carbocycles. The van der Waals surface area contributed by atoms with Crippen molar-refractivity contribution in [1.82, 2.24) is 14.4 Å². The van der Waals surface area contributed by atoms with Crippen molar-refractivity contribution in [1.29, 1.82) is 0 Å². The Balaban J connectivity index is 1.59. The minimum Gasteiger partial charge on any atom is -0.486 e. The topological polar surface area (TPSA) is 65.7 Å². The number of halogens is 1. The number of thiazole rings is 1. The van der Waals surface area contributed by atoms with Crippen LogP contribution in [0.1, 0.15) is 11.3 Å². The Kier molecular flexibility index (Phi) is 4.54. The molecule has 0 fully saturated rings. The number of hydrogen-bond donors (Lipinski definition) is 0. The lowest BCUT2D eigenvalue weighted by Crippen LogP contribution is -2.17. The van der Waals surface area contributed by atoms with Gasteiger partial charge < -0.3 is 9.47 Å². The minimum atomic E-state index is -0.311. The lowest BCUT2D eigenvalue weighted by Gasteiger charge is -2.18. The van der Waals surface area contributed by atoms with Crippen LogP contribution in [0.3, 0.4) is 0 Å². The number of fused-ring (bicyclic) bond motifs is 2. The first-order chi connectivity index (χ1) is 14.2. The minimum absolute atomic E-state index is 0.0693. The zero-order chi connectivity index (χ0) is 19.8. The highest BCUT2D eigenvalue weighted by Crippen LogP contribution is 2.35. The van der Waals surface area contributed by atoms with E-state index in [1.54, 1.807) is 18.5 Å². The Labute approximate surface area is 174 Å². The molecule has 1 aliphatic heterocycles. The molecule has 1 aliphatic rings. The maximum atomic E-state index is 13.0. The Bertz CT molecular complexity index is 1300. The number of hydrogen-bond acceptors (Lipinski definition) is 6. The second-order valence-corrected chi connectivity index (χ2v) is 7.55. The van der Waals surface area contributed by atoms with Crippen molar-refractivity contribution >= 4 is 40.1 Å². The van der Waals surface area contributed by atoms with E-state index in [0.29, 0.717) is 41.1 Å². The molecular formula is C21H14ClN3O3S. The van der Waals surface area contributed by atoms with Gasteiger partial charge in [0.05, 0.1) is 11.4 Å². The molecule has 0 spiro atoms. The SMILES string of the molecule is O=c1c(Cl)c(C=Cc2cccnc2)nc2scc(-c3ccc4c(c3)OCCO4)n12. The second kappa shape index (κ2) is 7.35. The molecule has 0 amide bonds. The van der Waals surface area contributed by atoms with Crippen LogP contribution in [-0.2, 0) is 0 Å². The first-order valence-electron chi connectivity index (χ1n) is 8.88. The molecule has 29 heavy (non-hydrogen) atoms. The Morgan fingerprint density at radius 3 is 2.83 bits per heavy atom. The van der Waals surface area contributed by atoms with Crippen LogP contribution in [0.2, 0.25) is 5.02 Å². The van der Waals surface area contributed by atoms with E-state index in [2.05, 4.69) is 9.97 Å². The van der Waals surface area contributed by atoms with E-state index in [-0.39, 0.29) is 10.6 Å². The molecule has 0 saturated carbocycles. The number of rotatable bonds is 3. The summed E-state index contributed by atoms with van der Waals surface area (Å²) in [6, 6.07) is 9.36. The van der Waals surface area contributed by atoms with Gasteiger partial charge in [-0.1, -0.05) is 23.7 Å². The average Bonchev–Trinajstić information content (AvgIpc) is 3.19. The molecule has 0 N–H and O–H groups in total. The second-order valence-electron chi connectivity index (χ2n) is 6.33. The molecule has 3 aromatic heterocycles. The van der Waals surface area contributed by atoms with Crippen molar-refractivity contribution in [2.75, 3.05) is 13.2 Å². The van der Waals surface area contributed by atoms with Gasteiger partial charge in [0.2, 0.25) is 0 Å². The van der Waals surface area contributed by atoms with Crippen molar-refractivity contribution in [2.24, 2.45) is 0 Å². The maximum absolute atomic E-state index is 13.0. The summed E-state index contributed by atoms with van der Waals surface area (Å²) < 4.78 is 12.8. The average molecular weight is 424 g/mol. The number of ether oxygens (including phenoxy) is 2. The third-order valence-electron chi connectivity index (χ3n) is 4.50. The van der Waals surface area contributed by atoms with E-state index in [0.717, 1.165) is 11.1 Å². The lowest BCUT2D eigenvalue weighted by atomic mass is 10.1. The molecule has 5 rings (SSSR count). The number of aromatic nitrogens is 3. The zero-order valence-electron chi connectivity index (χ0n) is 15.0. The molecule has 4 heterocycles. The van der Waals surface area contributed by atoms with Crippen molar-refractivity contribution < 1.29 is 9.47 Å². The van der Waals surface area contributed by atoms with Gasteiger partial charge in [0.15, 0.2) is 16.5 Å². The zero-order valence-corrected chi connectivity index (χ0v) is 16.6. The number of pyridine rings is 1. The summed E-state index contributed by atoms with van der Waals surface area (Å²) in [5, 5.41) is 1.96. The number of benzene rings is 1. The normalized spacial score (nSPS) is 13.3. The standard InChI is InChI=1S/C21H14ClN3O3S/c22-19-15(5-3-13-2-1-7-23-11-13)24-21-25(20(19)26)16(12-29-21)14-4-6-17-18(10-14)28-9-8-27-17/h1-7,10-12H,8-9H2. The van der Waals surface area contributed by atoms with Crippen molar-refractivity contribution in [3.8, 4) is 22.8 Å². The van der Waals surface area contributed by atoms with E-state index in [1.807, 2.05) is 41.8 Å². The molecule has 0 saturated heterocycles. The summed E-state index contributed by atoms with van der Waals surface area (Å²) in [5.74, 6) is 1.36. The van der Waals surface area contributed by atoms with Gasteiger partial charge in [0, 0.05) is 23.3 Å². The fraction of sp³-hybridized carbons (Fsp3) is 0.0952. The monoisotopic (exact) mass is 423 g/mol. The molecule has 0 radical (unpaired) electrons. The van der Waals surface area contributed by atoms with Crippen LogP contribution < -0.4 is 15.0 Å². The predicted molar refractivity (Wildman–Crippen MR) is 114 cm³/mol. The smallest absolute Gasteiger partial charge is 0.278 e. The van der Waals surface area contributed by atoms with Gasteiger partial charge in [-0.15, -0.1) is 11.3 Å². The van der Waals surface area contributed by atoms with Gasteiger partial charge in [-0.2, -0.15) is 0 Å². The summed E-state index contributed by atoms with van der Waals surface area (Å²) in [6.45, 7) is 1.03. The Morgan fingerprint density at radius 2 is 2.00 bits per heavy atom. The number of nitrogens with zero attached hydrogens (tertiary/aromatic N) is 3. The first-order valence-corrected chi connectivity index (χ1v) is 10.1. The largest absolute Gasteiger partial charge is 0.486 e. The molecule has 8 heteroatoms. The van der Waals surface area contributed by atoms with Crippen LogP contribution >= 0.6 is 22.9 Å². The molecule has 0 bridgehead atoms. The van der Waals surface area contributed by atoms with Crippen LogP contribution in [0.5, 0.6) is 11.5 Å². The molecule has 6 nitrogen and oxygen atoms in total. The third kappa shape index (κ3) is 3.28. The van der Waals surface area contributed by atoms with E-state index in [9.17, 15) is 4.79 Å². The summed E-state index contributed by atoms with van der Waals surface area (Å²) >= 11 is 7.75. The molecule has 0 aliphatic carbocycles. The van der Waals surface area contributed by atoms with E-state index >= 15 is 0 Å². The maximum Gasteiger partial charge on any atom is 0.278 e. The molecule has 0 unspecified atom stereocenters. The van der Waals surface area contributed by atoms with Gasteiger partial charge in [-0.3, -0.25) is 9.78 Å². The predicted octanol–water partition coefficient (Wildman–Crippen LogP) is 4.41. The summed E-state index contributed by atoms with van der Waals surface area (Å²) in [6.07, 6.45) is 6.98. The highest BCUT2D eigenvalue weighted by molar-refractivity contribution is 7.15. The Morgan fingerprint density at radius 1 is 1.14 bits per heavy atom. The van der Waals surface area contributed by atoms with Crippen molar-refractivity contribution in [3.05, 3.63) is 74.7 Å². The van der Waals surface area contributed by atoms with Gasteiger partial charge >= 0.3 is 0 Å². The molecular weight excluding hydrogens is 410 g/mol. The molecule has 144 valence electrons. The van der Waals surface area contributed by atoms with Crippen LogP contribution in [0.25, 0.3) is 28.4 Å². The lowest BCUT2D eigenvalue weighted by molar-refractivity contribution is 0.171.